The molecule has 2 aromatic carbocycles. The number of rotatable bonds is 3. The Labute approximate surface area is 114 Å². The first-order valence-electron chi connectivity index (χ1n) is 5.74. The van der Waals surface area contributed by atoms with Gasteiger partial charge in [-0.3, -0.25) is 4.79 Å². The average Bonchev–Trinajstić information content (AvgIpc) is 2.43. The van der Waals surface area contributed by atoms with Crippen LogP contribution in [-0.2, 0) is 0 Å². The first kappa shape index (κ1) is 13.7. The van der Waals surface area contributed by atoms with Gasteiger partial charge in [-0.25, -0.2) is 4.39 Å². The van der Waals surface area contributed by atoms with Gasteiger partial charge in [-0.2, -0.15) is 0 Å². The highest BCUT2D eigenvalue weighted by molar-refractivity contribution is 6.08. The second kappa shape index (κ2) is 5.48. The number of phenols is 1. The number of nitrogen functional groups attached to an aromatic ring is 1. The second-order valence-electron chi connectivity index (χ2n) is 4.08. The summed E-state index contributed by atoms with van der Waals surface area (Å²) >= 11 is 0. The van der Waals surface area contributed by atoms with Crippen LogP contribution in [0.25, 0.3) is 0 Å². The highest BCUT2D eigenvalue weighted by atomic mass is 19.1. The molecule has 4 N–H and O–H groups in total. The van der Waals surface area contributed by atoms with Gasteiger partial charge < -0.3 is 20.9 Å². The third-order valence-electron chi connectivity index (χ3n) is 2.69. The molecule has 0 aliphatic carbocycles. The molecule has 0 radical (unpaired) electrons. The van der Waals surface area contributed by atoms with E-state index in [1.165, 1.54) is 43.5 Å². The zero-order valence-corrected chi connectivity index (χ0v) is 10.7. The molecule has 0 aliphatic rings. The molecule has 104 valence electrons. The molecule has 2 aromatic rings. The number of nitrogens with one attached hydrogen (secondary N) is 1. The number of methoxy groups -OCH3 is 1. The molecule has 0 saturated carbocycles. The van der Waals surface area contributed by atoms with Crippen LogP contribution in [0.4, 0.5) is 15.8 Å². The van der Waals surface area contributed by atoms with Crippen molar-refractivity contribution in [3.8, 4) is 11.5 Å². The summed E-state index contributed by atoms with van der Waals surface area (Å²) < 4.78 is 18.1. The van der Waals surface area contributed by atoms with Crippen molar-refractivity contribution in [3.63, 3.8) is 0 Å². The molecule has 6 heteroatoms. The predicted molar refractivity (Wildman–Crippen MR) is 73.4 cm³/mol. The minimum atomic E-state index is -0.526. The fourth-order valence-electron chi connectivity index (χ4n) is 1.68. The summed E-state index contributed by atoms with van der Waals surface area (Å²) in [5.74, 6) is -1.08. The molecular formula is C14H13FN2O3. The van der Waals surface area contributed by atoms with Gasteiger partial charge >= 0.3 is 0 Å². The molecule has 0 atom stereocenters. The molecule has 0 bridgehead atoms. The van der Waals surface area contributed by atoms with Crippen molar-refractivity contribution in [1.29, 1.82) is 0 Å². The smallest absolute Gasteiger partial charge is 0.257 e. The molecule has 2 rings (SSSR count). The molecule has 0 aliphatic heterocycles. The summed E-state index contributed by atoms with van der Waals surface area (Å²) in [7, 11) is 1.33. The number of ether oxygens (including phenoxy) is 1. The van der Waals surface area contributed by atoms with E-state index in [-0.39, 0.29) is 22.7 Å². The van der Waals surface area contributed by atoms with Crippen molar-refractivity contribution in [3.05, 3.63) is 47.8 Å². The Morgan fingerprint density at radius 3 is 2.75 bits per heavy atom. The van der Waals surface area contributed by atoms with Crippen LogP contribution >= 0.6 is 0 Å². The highest BCUT2D eigenvalue weighted by Crippen LogP contribution is 2.23. The number of phenolic OH excluding ortho intramolecular Hbond substituents is 1. The normalized spacial score (nSPS) is 10.1. The van der Waals surface area contributed by atoms with E-state index in [1.54, 1.807) is 0 Å². The zero-order chi connectivity index (χ0) is 14.7. The summed E-state index contributed by atoms with van der Waals surface area (Å²) in [6.45, 7) is 0. The highest BCUT2D eigenvalue weighted by Gasteiger charge is 2.12. The average molecular weight is 276 g/mol. The van der Waals surface area contributed by atoms with Gasteiger partial charge in [0.2, 0.25) is 0 Å². The van der Waals surface area contributed by atoms with Crippen LogP contribution in [0.3, 0.4) is 0 Å². The molecule has 20 heavy (non-hydrogen) atoms. The zero-order valence-electron chi connectivity index (χ0n) is 10.7. The van der Waals surface area contributed by atoms with Crippen LogP contribution in [-0.4, -0.2) is 18.1 Å². The van der Waals surface area contributed by atoms with Gasteiger partial charge in [-0.15, -0.1) is 0 Å². The number of hydrogen-bond donors (Lipinski definition) is 3. The molecule has 5 nitrogen and oxygen atoms in total. The second-order valence-corrected chi connectivity index (χ2v) is 4.08. The number of benzene rings is 2. The van der Waals surface area contributed by atoms with Crippen LogP contribution < -0.4 is 15.8 Å². The van der Waals surface area contributed by atoms with Crippen molar-refractivity contribution in [2.45, 2.75) is 0 Å². The lowest BCUT2D eigenvalue weighted by molar-refractivity contribution is 0.102. The van der Waals surface area contributed by atoms with Crippen molar-refractivity contribution < 1.29 is 19.0 Å². The number of anilines is 2. The van der Waals surface area contributed by atoms with Gasteiger partial charge in [0.15, 0.2) is 11.6 Å². The first-order valence-corrected chi connectivity index (χ1v) is 5.74. The van der Waals surface area contributed by atoms with E-state index in [1.807, 2.05) is 0 Å². The quantitative estimate of drug-likeness (QED) is 0.593. The monoisotopic (exact) mass is 276 g/mol. The van der Waals surface area contributed by atoms with Gasteiger partial charge in [0.25, 0.3) is 5.91 Å². The van der Waals surface area contributed by atoms with Gasteiger partial charge in [-0.05, 0) is 30.3 Å². The van der Waals surface area contributed by atoms with E-state index in [4.69, 9.17) is 10.5 Å². The van der Waals surface area contributed by atoms with E-state index in [2.05, 4.69) is 5.32 Å². The van der Waals surface area contributed by atoms with Gasteiger partial charge in [-0.1, -0.05) is 0 Å². The number of nitrogens with two attached hydrogens (primary N) is 1. The van der Waals surface area contributed by atoms with Gasteiger partial charge in [0.05, 0.1) is 12.7 Å². The SMILES string of the molecule is COc1cc(NC(=O)c2cc(O)ccc2N)ccc1F. The molecule has 0 fully saturated rings. The van der Waals surface area contributed by atoms with E-state index in [0.717, 1.165) is 0 Å². The third kappa shape index (κ3) is 2.80. The molecule has 0 spiro atoms. The first-order chi connectivity index (χ1) is 9.51. The minimum absolute atomic E-state index is 0.0201. The maximum absolute atomic E-state index is 13.3. The Morgan fingerprint density at radius 1 is 1.30 bits per heavy atom. The summed E-state index contributed by atoms with van der Waals surface area (Å²) in [6.07, 6.45) is 0. The Balaban J connectivity index is 2.25. The Hall–Kier alpha value is -2.76. The minimum Gasteiger partial charge on any atom is -0.508 e. The molecule has 0 unspecified atom stereocenters. The van der Waals surface area contributed by atoms with Crippen LogP contribution in [0, 0.1) is 5.82 Å². The third-order valence-corrected chi connectivity index (χ3v) is 2.69. The number of carbonyl (C=O) groups is 1. The van der Waals surface area contributed by atoms with Crippen molar-refractivity contribution >= 4 is 17.3 Å². The maximum Gasteiger partial charge on any atom is 0.257 e. The fourth-order valence-corrected chi connectivity index (χ4v) is 1.68. The lowest BCUT2D eigenvalue weighted by Crippen LogP contribution is -2.14. The van der Waals surface area contributed by atoms with Crippen LogP contribution in [0.1, 0.15) is 10.4 Å². The molecule has 1 amide bonds. The van der Waals surface area contributed by atoms with Gasteiger partial charge in [0.1, 0.15) is 5.75 Å². The number of halogens is 1. The lowest BCUT2D eigenvalue weighted by atomic mass is 10.1. The summed E-state index contributed by atoms with van der Waals surface area (Å²) in [4.78, 5) is 12.0. The van der Waals surface area contributed by atoms with Crippen molar-refractivity contribution in [2.24, 2.45) is 0 Å². The summed E-state index contributed by atoms with van der Waals surface area (Å²) in [6, 6.07) is 8.00. The Morgan fingerprint density at radius 2 is 2.05 bits per heavy atom. The Kier molecular flexibility index (Phi) is 3.74. The van der Waals surface area contributed by atoms with E-state index in [9.17, 15) is 14.3 Å². The van der Waals surface area contributed by atoms with Crippen LogP contribution in [0.15, 0.2) is 36.4 Å². The largest absolute Gasteiger partial charge is 0.508 e. The Bertz CT molecular complexity index is 659. The van der Waals surface area contributed by atoms with Crippen molar-refractivity contribution in [2.75, 3.05) is 18.2 Å². The fraction of sp³-hybridized carbons (Fsp3) is 0.0714. The standard InChI is InChI=1S/C14H13FN2O3/c1-20-13-6-8(2-4-11(13)15)17-14(19)10-7-9(18)3-5-12(10)16/h2-7,18H,16H2,1H3,(H,17,19). The summed E-state index contributed by atoms with van der Waals surface area (Å²) in [5, 5.41) is 11.9. The number of carbonyl (C=O) groups excluding carboxylic acids is 1. The van der Waals surface area contributed by atoms with Crippen molar-refractivity contribution in [1.82, 2.24) is 0 Å². The molecular weight excluding hydrogens is 263 g/mol. The maximum atomic E-state index is 13.3. The molecule has 0 heterocycles. The molecule has 0 aromatic heterocycles. The van der Waals surface area contributed by atoms with E-state index < -0.39 is 11.7 Å². The van der Waals surface area contributed by atoms with E-state index >= 15 is 0 Å². The van der Waals surface area contributed by atoms with Crippen LogP contribution in [0.5, 0.6) is 11.5 Å². The van der Waals surface area contributed by atoms with Gasteiger partial charge in [0, 0.05) is 17.4 Å². The van der Waals surface area contributed by atoms with E-state index in [0.29, 0.717) is 5.69 Å². The summed E-state index contributed by atoms with van der Waals surface area (Å²) in [5.41, 5.74) is 6.39. The number of aromatic hydroxyl groups is 1. The topological polar surface area (TPSA) is 84.6 Å². The number of amides is 1. The molecule has 0 saturated heterocycles. The predicted octanol–water partition coefficient (Wildman–Crippen LogP) is 2.37. The number of hydrogen-bond acceptors (Lipinski definition) is 4. The van der Waals surface area contributed by atoms with Crippen LogP contribution in [0.2, 0.25) is 0 Å². The lowest BCUT2D eigenvalue weighted by Gasteiger charge is -2.09.